The van der Waals surface area contributed by atoms with Gasteiger partial charge in [-0.3, -0.25) is 19.8 Å². The van der Waals surface area contributed by atoms with Crippen molar-refractivity contribution in [3.05, 3.63) is 27.8 Å². The maximum absolute atomic E-state index is 11.8. The van der Waals surface area contributed by atoms with Gasteiger partial charge in [0.15, 0.2) is 5.75 Å². The van der Waals surface area contributed by atoms with E-state index in [1.807, 2.05) is 4.90 Å². The molecule has 1 aliphatic rings. The van der Waals surface area contributed by atoms with Crippen molar-refractivity contribution in [2.75, 3.05) is 40.0 Å². The van der Waals surface area contributed by atoms with Crippen molar-refractivity contribution < 1.29 is 24.3 Å². The fourth-order valence-electron chi connectivity index (χ4n) is 2.16. The first-order valence-corrected chi connectivity index (χ1v) is 7.18. The summed E-state index contributed by atoms with van der Waals surface area (Å²) in [5, 5.41) is 24.4. The summed E-state index contributed by atoms with van der Waals surface area (Å²) in [7, 11) is 1.28. The van der Waals surface area contributed by atoms with E-state index in [1.165, 1.54) is 19.4 Å². The number of amides is 1. The molecule has 1 heterocycles. The van der Waals surface area contributed by atoms with Crippen molar-refractivity contribution in [3.8, 4) is 11.5 Å². The maximum atomic E-state index is 11.8. The molecule has 2 N–H and O–H groups in total. The Morgan fingerprint density at radius 2 is 2.25 bits per heavy atom. The third kappa shape index (κ3) is 4.64. The zero-order valence-corrected chi connectivity index (χ0v) is 13.1. The lowest BCUT2D eigenvalue weighted by atomic mass is 10.2. The van der Waals surface area contributed by atoms with Crippen LogP contribution < -0.4 is 10.2 Å². The number of nitrogens with one attached hydrogen (secondary N) is 1. The van der Waals surface area contributed by atoms with Crippen molar-refractivity contribution >= 4 is 17.8 Å². The van der Waals surface area contributed by atoms with E-state index in [9.17, 15) is 20.0 Å². The molecule has 1 amide bonds. The van der Waals surface area contributed by atoms with E-state index < -0.39 is 16.4 Å². The third-order valence-electron chi connectivity index (χ3n) is 3.37. The number of benzene rings is 1. The Hall–Kier alpha value is -2.72. The first-order chi connectivity index (χ1) is 11.5. The number of hydrogen-bond acceptors (Lipinski definition) is 8. The van der Waals surface area contributed by atoms with E-state index in [-0.39, 0.29) is 18.2 Å². The van der Waals surface area contributed by atoms with E-state index in [4.69, 9.17) is 9.47 Å². The van der Waals surface area contributed by atoms with Gasteiger partial charge in [0, 0.05) is 24.7 Å². The topological polar surface area (TPSA) is 127 Å². The standard InChI is InChI=1S/C14H18N4O6/c1-23-12-7-10(6-11(14(12)20)18(21)22)8-15-16-13(19)9-17-2-4-24-5-3-17/h6-8,20H,2-5,9H2,1H3,(H,16,19)/b15-8-. The van der Waals surface area contributed by atoms with Crippen LogP contribution in [0.2, 0.25) is 0 Å². The molecule has 0 aliphatic carbocycles. The minimum atomic E-state index is -0.730. The van der Waals surface area contributed by atoms with Gasteiger partial charge in [-0.25, -0.2) is 5.43 Å². The minimum Gasteiger partial charge on any atom is -0.500 e. The van der Waals surface area contributed by atoms with Gasteiger partial charge in [0.05, 0.1) is 38.0 Å². The van der Waals surface area contributed by atoms with Gasteiger partial charge < -0.3 is 14.6 Å². The summed E-state index contributed by atoms with van der Waals surface area (Å²) < 4.78 is 10.1. The van der Waals surface area contributed by atoms with Gasteiger partial charge >= 0.3 is 5.69 Å². The Morgan fingerprint density at radius 3 is 2.88 bits per heavy atom. The predicted molar refractivity (Wildman–Crippen MR) is 84.3 cm³/mol. The molecule has 24 heavy (non-hydrogen) atoms. The van der Waals surface area contributed by atoms with Crippen molar-refractivity contribution in [1.82, 2.24) is 10.3 Å². The lowest BCUT2D eigenvalue weighted by Gasteiger charge is -2.25. The summed E-state index contributed by atoms with van der Waals surface area (Å²) in [6.07, 6.45) is 1.24. The van der Waals surface area contributed by atoms with Gasteiger partial charge in [0.25, 0.3) is 5.91 Å². The Bertz CT molecular complexity index is 642. The molecule has 10 heteroatoms. The zero-order chi connectivity index (χ0) is 17.5. The van der Waals surface area contributed by atoms with Crippen LogP contribution in [-0.2, 0) is 9.53 Å². The minimum absolute atomic E-state index is 0.0507. The number of aromatic hydroxyl groups is 1. The van der Waals surface area contributed by atoms with Gasteiger partial charge in [0.2, 0.25) is 5.75 Å². The zero-order valence-electron chi connectivity index (χ0n) is 13.1. The smallest absolute Gasteiger partial charge is 0.315 e. The Kier molecular flexibility index (Phi) is 6.04. The van der Waals surface area contributed by atoms with Gasteiger partial charge in [-0.15, -0.1) is 0 Å². The van der Waals surface area contributed by atoms with Crippen LogP contribution in [0.15, 0.2) is 17.2 Å². The fraction of sp³-hybridized carbons (Fsp3) is 0.429. The largest absolute Gasteiger partial charge is 0.500 e. The summed E-state index contributed by atoms with van der Waals surface area (Å²) in [5.41, 5.74) is 2.16. The first-order valence-electron chi connectivity index (χ1n) is 7.18. The Morgan fingerprint density at radius 1 is 1.54 bits per heavy atom. The van der Waals surface area contributed by atoms with Crippen molar-refractivity contribution in [2.24, 2.45) is 5.10 Å². The van der Waals surface area contributed by atoms with Crippen LogP contribution in [-0.4, -0.2) is 67.0 Å². The highest BCUT2D eigenvalue weighted by Gasteiger charge is 2.19. The first kappa shape index (κ1) is 17.6. The Labute approximate surface area is 137 Å². The molecule has 2 rings (SSSR count). The predicted octanol–water partition coefficient (Wildman–Crippen LogP) is 0.0913. The molecule has 0 bridgehead atoms. The highest BCUT2D eigenvalue weighted by atomic mass is 16.6. The number of ether oxygens (including phenoxy) is 2. The van der Waals surface area contributed by atoms with Crippen LogP contribution >= 0.6 is 0 Å². The quantitative estimate of drug-likeness (QED) is 0.427. The fourth-order valence-corrected chi connectivity index (χ4v) is 2.16. The molecule has 1 aromatic carbocycles. The number of morpholine rings is 1. The molecule has 10 nitrogen and oxygen atoms in total. The van der Waals surface area contributed by atoms with Crippen molar-refractivity contribution in [1.29, 1.82) is 0 Å². The monoisotopic (exact) mass is 338 g/mol. The molecular weight excluding hydrogens is 320 g/mol. The van der Waals surface area contributed by atoms with Gasteiger partial charge in [-0.1, -0.05) is 0 Å². The second-order valence-electron chi connectivity index (χ2n) is 5.03. The van der Waals surface area contributed by atoms with E-state index in [2.05, 4.69) is 10.5 Å². The summed E-state index contributed by atoms with van der Waals surface area (Å²) in [6.45, 7) is 2.73. The highest BCUT2D eigenvalue weighted by molar-refractivity contribution is 5.85. The van der Waals surface area contributed by atoms with Gasteiger partial charge in [0.1, 0.15) is 0 Å². The second kappa shape index (κ2) is 8.22. The number of phenols is 1. The molecule has 0 spiro atoms. The van der Waals surface area contributed by atoms with Crippen molar-refractivity contribution in [3.63, 3.8) is 0 Å². The van der Waals surface area contributed by atoms with Crippen LogP contribution in [0.5, 0.6) is 11.5 Å². The average molecular weight is 338 g/mol. The van der Waals surface area contributed by atoms with Crippen LogP contribution in [0.1, 0.15) is 5.56 Å². The number of rotatable bonds is 6. The molecular formula is C14H18N4O6. The number of phenolic OH excluding ortho intramolecular Hbond substituents is 1. The van der Waals surface area contributed by atoms with E-state index in [0.717, 1.165) is 6.07 Å². The number of hydrogen-bond donors (Lipinski definition) is 2. The number of nitro benzene ring substituents is 1. The van der Waals surface area contributed by atoms with Crippen molar-refractivity contribution in [2.45, 2.75) is 0 Å². The molecule has 0 aromatic heterocycles. The van der Waals surface area contributed by atoms with Gasteiger partial charge in [-0.05, 0) is 6.07 Å². The molecule has 0 unspecified atom stereocenters. The molecule has 1 saturated heterocycles. The maximum Gasteiger partial charge on any atom is 0.315 e. The van der Waals surface area contributed by atoms with Crippen LogP contribution in [0.3, 0.4) is 0 Å². The van der Waals surface area contributed by atoms with E-state index in [0.29, 0.717) is 31.9 Å². The number of carbonyl (C=O) groups is 1. The summed E-state index contributed by atoms with van der Waals surface area (Å²) in [5.74, 6) is -0.908. The molecule has 130 valence electrons. The molecule has 0 saturated carbocycles. The molecule has 0 radical (unpaired) electrons. The number of nitrogens with zero attached hydrogens (tertiary/aromatic N) is 3. The average Bonchev–Trinajstić information content (AvgIpc) is 2.56. The van der Waals surface area contributed by atoms with Crippen LogP contribution in [0.4, 0.5) is 5.69 Å². The lowest BCUT2D eigenvalue weighted by molar-refractivity contribution is -0.386. The summed E-state index contributed by atoms with van der Waals surface area (Å²) >= 11 is 0. The lowest BCUT2D eigenvalue weighted by Crippen LogP contribution is -2.42. The number of hydrazone groups is 1. The third-order valence-corrected chi connectivity index (χ3v) is 3.37. The molecule has 0 atom stereocenters. The highest BCUT2D eigenvalue weighted by Crippen LogP contribution is 2.36. The molecule has 1 aromatic rings. The molecule has 1 fully saturated rings. The summed E-state index contributed by atoms with van der Waals surface area (Å²) in [6, 6.07) is 2.51. The number of nitro groups is 1. The SMILES string of the molecule is COc1cc(/C=N\NC(=O)CN2CCOCC2)cc([N+](=O)[O-])c1O. The Balaban J connectivity index is 1.99. The number of carbonyl (C=O) groups excluding carboxylic acids is 1. The van der Waals surface area contributed by atoms with E-state index in [1.54, 1.807) is 0 Å². The second-order valence-corrected chi connectivity index (χ2v) is 5.03. The van der Waals surface area contributed by atoms with Crippen LogP contribution in [0, 0.1) is 10.1 Å². The molecule has 1 aliphatic heterocycles. The van der Waals surface area contributed by atoms with Crippen LogP contribution in [0.25, 0.3) is 0 Å². The number of methoxy groups -OCH3 is 1. The van der Waals surface area contributed by atoms with E-state index >= 15 is 0 Å². The van der Waals surface area contributed by atoms with Gasteiger partial charge in [-0.2, -0.15) is 5.10 Å². The summed E-state index contributed by atoms with van der Waals surface area (Å²) in [4.78, 5) is 23.9. The normalized spacial score (nSPS) is 15.4.